The molecule has 2 saturated heterocycles. The SMILES string of the molecule is CC.CCCCCCCC.CCN1CCN(C2CCOCC2)CC1. The molecule has 0 atom stereocenters. The molecule has 2 rings (SSSR count). The van der Waals surface area contributed by atoms with Crippen LogP contribution in [0.15, 0.2) is 0 Å². The zero-order valence-electron chi connectivity index (χ0n) is 17.5. The highest BCUT2D eigenvalue weighted by Crippen LogP contribution is 2.16. The van der Waals surface area contributed by atoms with Crippen LogP contribution in [0.2, 0.25) is 0 Å². The maximum atomic E-state index is 5.40. The molecule has 3 nitrogen and oxygen atoms in total. The van der Waals surface area contributed by atoms with E-state index in [2.05, 4.69) is 30.6 Å². The lowest BCUT2D eigenvalue weighted by Gasteiger charge is -2.40. The molecule has 24 heavy (non-hydrogen) atoms. The molecule has 2 fully saturated rings. The van der Waals surface area contributed by atoms with E-state index in [9.17, 15) is 0 Å². The standard InChI is InChI=1S/C11H22N2O.C8H18.C2H6/c1-2-12-5-7-13(8-6-12)11-3-9-14-10-4-11;1-3-5-7-8-6-4-2;1-2/h11H,2-10H2,1H3;3-8H2,1-2H3;1-2H3. The number of hydrogen-bond acceptors (Lipinski definition) is 3. The summed E-state index contributed by atoms with van der Waals surface area (Å²) in [5.41, 5.74) is 0. The number of ether oxygens (including phenoxy) is 1. The highest BCUT2D eigenvalue weighted by molar-refractivity contribution is 4.79. The van der Waals surface area contributed by atoms with Gasteiger partial charge in [0.2, 0.25) is 0 Å². The van der Waals surface area contributed by atoms with Gasteiger partial charge in [0.25, 0.3) is 0 Å². The van der Waals surface area contributed by atoms with E-state index in [0.29, 0.717) is 0 Å². The van der Waals surface area contributed by atoms with Gasteiger partial charge in [0, 0.05) is 45.4 Å². The fourth-order valence-electron chi connectivity index (χ4n) is 3.35. The van der Waals surface area contributed by atoms with Gasteiger partial charge in [-0.3, -0.25) is 4.90 Å². The van der Waals surface area contributed by atoms with E-state index in [1.807, 2.05) is 13.8 Å². The third kappa shape index (κ3) is 11.4. The molecule has 0 spiro atoms. The van der Waals surface area contributed by atoms with Crippen LogP contribution >= 0.6 is 0 Å². The molecule has 0 aliphatic carbocycles. The minimum atomic E-state index is 0.808. The fourth-order valence-corrected chi connectivity index (χ4v) is 3.35. The second-order valence-electron chi connectivity index (χ2n) is 6.73. The zero-order valence-corrected chi connectivity index (χ0v) is 17.5. The summed E-state index contributed by atoms with van der Waals surface area (Å²) < 4.78 is 5.40. The lowest BCUT2D eigenvalue weighted by atomic mass is 10.1. The van der Waals surface area contributed by atoms with Crippen LogP contribution in [0.4, 0.5) is 0 Å². The van der Waals surface area contributed by atoms with Gasteiger partial charge < -0.3 is 9.64 Å². The molecule has 0 N–H and O–H groups in total. The van der Waals surface area contributed by atoms with Crippen molar-refractivity contribution in [2.75, 3.05) is 45.9 Å². The Morgan fingerprint density at radius 2 is 1.25 bits per heavy atom. The molecular weight excluding hydrogens is 296 g/mol. The highest BCUT2D eigenvalue weighted by Gasteiger charge is 2.24. The summed E-state index contributed by atoms with van der Waals surface area (Å²) >= 11 is 0. The van der Waals surface area contributed by atoms with Crippen molar-refractivity contribution in [3.05, 3.63) is 0 Å². The van der Waals surface area contributed by atoms with E-state index in [1.165, 1.54) is 84.1 Å². The van der Waals surface area contributed by atoms with Crippen molar-refractivity contribution in [1.82, 2.24) is 9.80 Å². The number of likely N-dealkylation sites (N-methyl/N-ethyl adjacent to an activating group) is 1. The summed E-state index contributed by atoms with van der Waals surface area (Å²) in [5, 5.41) is 0. The van der Waals surface area contributed by atoms with Crippen molar-refractivity contribution < 1.29 is 4.74 Å². The average Bonchev–Trinajstić information content (AvgIpc) is 2.68. The number of nitrogens with zero attached hydrogens (tertiary/aromatic N) is 2. The van der Waals surface area contributed by atoms with Crippen LogP contribution in [0.5, 0.6) is 0 Å². The third-order valence-electron chi connectivity index (χ3n) is 5.02. The monoisotopic (exact) mass is 342 g/mol. The van der Waals surface area contributed by atoms with Crippen LogP contribution in [0, 0.1) is 0 Å². The van der Waals surface area contributed by atoms with Crippen molar-refractivity contribution in [1.29, 1.82) is 0 Å². The van der Waals surface area contributed by atoms with Crippen molar-refractivity contribution >= 4 is 0 Å². The molecule has 0 radical (unpaired) electrons. The first-order chi connectivity index (χ1) is 11.8. The largest absolute Gasteiger partial charge is 0.381 e. The van der Waals surface area contributed by atoms with Crippen LogP contribution in [0.3, 0.4) is 0 Å². The predicted molar refractivity (Wildman–Crippen MR) is 108 cm³/mol. The molecule has 0 unspecified atom stereocenters. The maximum absolute atomic E-state index is 5.40. The summed E-state index contributed by atoms with van der Waals surface area (Å²) in [6.07, 6.45) is 11.0. The van der Waals surface area contributed by atoms with Crippen LogP contribution < -0.4 is 0 Å². The number of piperazine rings is 1. The Bertz CT molecular complexity index is 228. The molecule has 0 aromatic carbocycles. The van der Waals surface area contributed by atoms with Gasteiger partial charge in [0.1, 0.15) is 0 Å². The Labute approximate surface area is 153 Å². The molecule has 0 aromatic rings. The minimum Gasteiger partial charge on any atom is -0.381 e. The van der Waals surface area contributed by atoms with Crippen LogP contribution in [-0.4, -0.2) is 61.8 Å². The first-order valence-electron chi connectivity index (χ1n) is 10.9. The predicted octanol–water partition coefficient (Wildman–Crippen LogP) is 5.20. The maximum Gasteiger partial charge on any atom is 0.0480 e. The third-order valence-corrected chi connectivity index (χ3v) is 5.02. The van der Waals surface area contributed by atoms with Gasteiger partial charge in [-0.25, -0.2) is 0 Å². The average molecular weight is 343 g/mol. The molecule has 2 aliphatic heterocycles. The van der Waals surface area contributed by atoms with E-state index in [0.717, 1.165) is 19.3 Å². The first-order valence-corrected chi connectivity index (χ1v) is 10.9. The van der Waals surface area contributed by atoms with Crippen molar-refractivity contribution in [2.45, 2.75) is 92.0 Å². The van der Waals surface area contributed by atoms with Crippen LogP contribution in [0.25, 0.3) is 0 Å². The van der Waals surface area contributed by atoms with Gasteiger partial charge in [0.15, 0.2) is 0 Å². The lowest BCUT2D eigenvalue weighted by Crippen LogP contribution is -2.51. The summed E-state index contributed by atoms with van der Waals surface area (Å²) in [5.74, 6) is 0. The van der Waals surface area contributed by atoms with Crippen molar-refractivity contribution in [3.8, 4) is 0 Å². The normalized spacial score (nSPS) is 19.9. The topological polar surface area (TPSA) is 15.7 Å². The van der Waals surface area contributed by atoms with Gasteiger partial charge in [-0.05, 0) is 19.4 Å². The Morgan fingerprint density at radius 1 is 0.750 bits per heavy atom. The second-order valence-corrected chi connectivity index (χ2v) is 6.73. The minimum absolute atomic E-state index is 0.808. The fraction of sp³-hybridized carbons (Fsp3) is 1.00. The van der Waals surface area contributed by atoms with Gasteiger partial charge in [-0.15, -0.1) is 0 Å². The number of unbranched alkanes of at least 4 members (excludes halogenated alkanes) is 5. The van der Waals surface area contributed by atoms with Gasteiger partial charge >= 0.3 is 0 Å². The molecule has 2 aliphatic rings. The molecule has 0 aromatic heterocycles. The summed E-state index contributed by atoms with van der Waals surface area (Å²) in [4.78, 5) is 5.20. The van der Waals surface area contributed by atoms with E-state index in [1.54, 1.807) is 0 Å². The molecule has 0 bridgehead atoms. The number of rotatable bonds is 7. The Morgan fingerprint density at radius 3 is 1.67 bits per heavy atom. The van der Waals surface area contributed by atoms with E-state index >= 15 is 0 Å². The van der Waals surface area contributed by atoms with Crippen LogP contribution in [0.1, 0.15) is 86.0 Å². The molecule has 0 amide bonds. The molecule has 3 heteroatoms. The lowest BCUT2D eigenvalue weighted by molar-refractivity contribution is 0.0146. The van der Waals surface area contributed by atoms with Crippen LogP contribution in [-0.2, 0) is 4.74 Å². The summed E-state index contributed by atoms with van der Waals surface area (Å²) in [7, 11) is 0. The summed E-state index contributed by atoms with van der Waals surface area (Å²) in [6.45, 7) is 19.0. The molecule has 146 valence electrons. The number of hydrogen-bond donors (Lipinski definition) is 0. The molecular formula is C21H46N2O. The Hall–Kier alpha value is -0.120. The van der Waals surface area contributed by atoms with E-state index in [-0.39, 0.29) is 0 Å². The smallest absolute Gasteiger partial charge is 0.0480 e. The Balaban J connectivity index is 0.000000456. The first kappa shape index (κ1) is 23.9. The van der Waals surface area contributed by atoms with Gasteiger partial charge in [-0.2, -0.15) is 0 Å². The highest BCUT2D eigenvalue weighted by atomic mass is 16.5. The molecule has 2 heterocycles. The van der Waals surface area contributed by atoms with Gasteiger partial charge in [0.05, 0.1) is 0 Å². The second kappa shape index (κ2) is 17.7. The van der Waals surface area contributed by atoms with E-state index in [4.69, 9.17) is 4.74 Å². The zero-order chi connectivity index (χ0) is 18.0. The van der Waals surface area contributed by atoms with E-state index < -0.39 is 0 Å². The van der Waals surface area contributed by atoms with Gasteiger partial charge in [-0.1, -0.05) is 73.1 Å². The summed E-state index contributed by atoms with van der Waals surface area (Å²) in [6, 6.07) is 0.808. The quantitative estimate of drug-likeness (QED) is 0.592. The Kier molecular flexibility index (Phi) is 17.6. The van der Waals surface area contributed by atoms with Crippen molar-refractivity contribution in [2.24, 2.45) is 0 Å². The molecule has 0 saturated carbocycles. The van der Waals surface area contributed by atoms with Crippen molar-refractivity contribution in [3.63, 3.8) is 0 Å².